The third kappa shape index (κ3) is 3.97. The van der Waals surface area contributed by atoms with E-state index in [2.05, 4.69) is 0 Å². The summed E-state index contributed by atoms with van der Waals surface area (Å²) in [5.74, 6) is -0.217. The Morgan fingerprint density at radius 3 is 2.62 bits per heavy atom. The Morgan fingerprint density at radius 1 is 1.29 bits per heavy atom. The molecule has 2 rings (SSSR count). The van der Waals surface area contributed by atoms with Crippen molar-refractivity contribution in [2.45, 2.75) is 38.6 Å². The molecule has 1 atom stereocenters. The summed E-state index contributed by atoms with van der Waals surface area (Å²) in [4.78, 5) is 25.2. The van der Waals surface area contributed by atoms with Crippen molar-refractivity contribution in [3.05, 3.63) is 29.8 Å². The van der Waals surface area contributed by atoms with Gasteiger partial charge in [-0.25, -0.2) is 0 Å². The van der Waals surface area contributed by atoms with Crippen molar-refractivity contribution in [2.75, 3.05) is 13.2 Å². The largest absolute Gasteiger partial charge is 0.494 e. The van der Waals surface area contributed by atoms with Gasteiger partial charge >= 0.3 is 5.97 Å². The fraction of sp³-hybridized carbons (Fsp3) is 0.500. The van der Waals surface area contributed by atoms with E-state index in [0.717, 1.165) is 25.0 Å². The van der Waals surface area contributed by atoms with Gasteiger partial charge in [0.2, 0.25) is 0 Å². The smallest absolute Gasteiger partial charge is 0.305 e. The normalized spacial score (nSPS) is 18.3. The van der Waals surface area contributed by atoms with E-state index in [0.29, 0.717) is 18.7 Å². The Kier molecular flexibility index (Phi) is 5.20. The topological polar surface area (TPSA) is 66.8 Å². The van der Waals surface area contributed by atoms with Crippen molar-refractivity contribution in [1.29, 1.82) is 0 Å². The molecule has 1 fully saturated rings. The number of hydrogen-bond donors (Lipinski definition) is 1. The Labute approximate surface area is 124 Å². The Morgan fingerprint density at radius 2 is 2.00 bits per heavy atom. The lowest BCUT2D eigenvalue weighted by Crippen LogP contribution is -2.44. The molecule has 0 aromatic heterocycles. The number of ether oxygens (including phenoxy) is 1. The maximum Gasteiger partial charge on any atom is 0.305 e. The highest BCUT2D eigenvalue weighted by Crippen LogP contribution is 2.23. The maximum atomic E-state index is 12.6. The van der Waals surface area contributed by atoms with Crippen LogP contribution in [0.1, 0.15) is 43.0 Å². The van der Waals surface area contributed by atoms with Crippen molar-refractivity contribution in [3.8, 4) is 5.75 Å². The fourth-order valence-electron chi connectivity index (χ4n) is 2.71. The molecule has 114 valence electrons. The van der Waals surface area contributed by atoms with Crippen molar-refractivity contribution in [2.24, 2.45) is 0 Å². The van der Waals surface area contributed by atoms with Gasteiger partial charge in [0.15, 0.2) is 0 Å². The zero-order chi connectivity index (χ0) is 15.2. The first-order valence-electron chi connectivity index (χ1n) is 7.37. The van der Waals surface area contributed by atoms with E-state index in [1.54, 1.807) is 29.2 Å². The van der Waals surface area contributed by atoms with Crippen molar-refractivity contribution >= 4 is 11.9 Å². The number of hydrogen-bond acceptors (Lipinski definition) is 3. The highest BCUT2D eigenvalue weighted by atomic mass is 16.5. The molecule has 1 amide bonds. The van der Waals surface area contributed by atoms with Gasteiger partial charge in [0.1, 0.15) is 5.75 Å². The number of aliphatic carboxylic acids is 1. The zero-order valence-electron chi connectivity index (χ0n) is 12.2. The number of carbonyl (C=O) groups excluding carboxylic acids is 1. The first-order valence-corrected chi connectivity index (χ1v) is 7.37. The van der Waals surface area contributed by atoms with E-state index in [-0.39, 0.29) is 18.4 Å². The van der Waals surface area contributed by atoms with Crippen LogP contribution in [0.4, 0.5) is 0 Å². The van der Waals surface area contributed by atoms with Crippen LogP contribution in [0.3, 0.4) is 0 Å². The van der Waals surface area contributed by atoms with E-state index in [4.69, 9.17) is 9.84 Å². The maximum absolute atomic E-state index is 12.6. The number of amides is 1. The molecule has 1 unspecified atom stereocenters. The second-order valence-electron chi connectivity index (χ2n) is 5.20. The van der Waals surface area contributed by atoms with Gasteiger partial charge in [-0.3, -0.25) is 9.59 Å². The molecule has 0 saturated carbocycles. The quantitative estimate of drug-likeness (QED) is 0.905. The monoisotopic (exact) mass is 291 g/mol. The van der Waals surface area contributed by atoms with Crippen molar-refractivity contribution in [3.63, 3.8) is 0 Å². The minimum Gasteiger partial charge on any atom is -0.494 e. The van der Waals surface area contributed by atoms with Gasteiger partial charge in [-0.1, -0.05) is 0 Å². The van der Waals surface area contributed by atoms with Gasteiger partial charge in [0, 0.05) is 18.2 Å². The standard InChI is InChI=1S/C16H21NO4/c1-2-21-14-8-6-12(7-9-14)16(20)17-10-4-3-5-13(17)11-15(18)19/h6-9,13H,2-5,10-11H2,1H3,(H,18,19). The van der Waals surface area contributed by atoms with E-state index < -0.39 is 5.97 Å². The highest BCUT2D eigenvalue weighted by Gasteiger charge is 2.29. The minimum atomic E-state index is -0.855. The zero-order valence-corrected chi connectivity index (χ0v) is 12.2. The second-order valence-corrected chi connectivity index (χ2v) is 5.20. The van der Waals surface area contributed by atoms with Crippen LogP contribution in [0.25, 0.3) is 0 Å². The lowest BCUT2D eigenvalue weighted by Gasteiger charge is -2.35. The molecule has 0 spiro atoms. The summed E-state index contributed by atoms with van der Waals surface area (Å²) in [5.41, 5.74) is 0.579. The average molecular weight is 291 g/mol. The van der Waals surface area contributed by atoms with Crippen molar-refractivity contribution in [1.82, 2.24) is 4.90 Å². The number of carboxylic acid groups (broad SMARTS) is 1. The molecule has 1 aromatic carbocycles. The average Bonchev–Trinajstić information content (AvgIpc) is 2.48. The Hall–Kier alpha value is -2.04. The second kappa shape index (κ2) is 7.11. The Balaban J connectivity index is 2.10. The fourth-order valence-corrected chi connectivity index (χ4v) is 2.71. The molecular weight excluding hydrogens is 270 g/mol. The van der Waals surface area contributed by atoms with Crippen molar-refractivity contribution < 1.29 is 19.4 Å². The predicted octanol–water partition coefficient (Wildman–Crippen LogP) is 2.55. The molecule has 1 aliphatic rings. The van der Waals surface area contributed by atoms with E-state index in [1.165, 1.54) is 0 Å². The summed E-state index contributed by atoms with van der Waals surface area (Å²) in [7, 11) is 0. The minimum absolute atomic E-state index is 0.0166. The summed E-state index contributed by atoms with van der Waals surface area (Å²) in [6.07, 6.45) is 2.68. The highest BCUT2D eigenvalue weighted by molar-refractivity contribution is 5.94. The summed E-state index contributed by atoms with van der Waals surface area (Å²) in [6.45, 7) is 3.12. The molecule has 1 N–H and O–H groups in total. The number of rotatable bonds is 5. The Bertz CT molecular complexity index is 498. The van der Waals surface area contributed by atoms with Crippen LogP contribution in [0.5, 0.6) is 5.75 Å². The SMILES string of the molecule is CCOc1ccc(C(=O)N2CCCCC2CC(=O)O)cc1. The van der Waals surface area contributed by atoms with Gasteiger partial charge < -0.3 is 14.7 Å². The molecule has 1 saturated heterocycles. The molecule has 5 heteroatoms. The van der Waals surface area contributed by atoms with E-state index >= 15 is 0 Å². The van der Waals surface area contributed by atoms with Gasteiger partial charge in [-0.2, -0.15) is 0 Å². The molecule has 1 aromatic rings. The first kappa shape index (κ1) is 15.4. The number of nitrogens with zero attached hydrogens (tertiary/aromatic N) is 1. The summed E-state index contributed by atoms with van der Waals surface area (Å²) in [5, 5.41) is 8.98. The molecular formula is C16H21NO4. The van der Waals surface area contributed by atoms with Crippen LogP contribution in [0.15, 0.2) is 24.3 Å². The van der Waals surface area contributed by atoms with Crippen LogP contribution in [0.2, 0.25) is 0 Å². The molecule has 1 heterocycles. The van der Waals surface area contributed by atoms with E-state index in [1.807, 2.05) is 6.92 Å². The molecule has 5 nitrogen and oxygen atoms in total. The summed E-state index contributed by atoms with van der Waals surface area (Å²) in [6, 6.07) is 6.81. The third-order valence-corrected chi connectivity index (χ3v) is 3.71. The van der Waals surface area contributed by atoms with Crippen LogP contribution < -0.4 is 4.74 Å². The van der Waals surface area contributed by atoms with Gasteiger partial charge in [-0.15, -0.1) is 0 Å². The molecule has 0 bridgehead atoms. The van der Waals surface area contributed by atoms with Crippen LogP contribution in [0, 0.1) is 0 Å². The predicted molar refractivity (Wildman–Crippen MR) is 78.5 cm³/mol. The molecule has 0 aliphatic carbocycles. The number of likely N-dealkylation sites (tertiary alicyclic amines) is 1. The lowest BCUT2D eigenvalue weighted by molar-refractivity contribution is -0.138. The first-order chi connectivity index (χ1) is 10.1. The van der Waals surface area contributed by atoms with Crippen LogP contribution in [-0.4, -0.2) is 41.1 Å². The number of piperidine rings is 1. The molecule has 0 radical (unpaired) electrons. The molecule has 1 aliphatic heterocycles. The van der Waals surface area contributed by atoms with E-state index in [9.17, 15) is 9.59 Å². The number of benzene rings is 1. The lowest BCUT2D eigenvalue weighted by atomic mass is 9.98. The summed E-state index contributed by atoms with van der Waals surface area (Å²) >= 11 is 0. The third-order valence-electron chi connectivity index (χ3n) is 3.71. The van der Waals surface area contributed by atoms with Crippen LogP contribution in [-0.2, 0) is 4.79 Å². The van der Waals surface area contributed by atoms with Crippen LogP contribution >= 0.6 is 0 Å². The van der Waals surface area contributed by atoms with Gasteiger partial charge in [-0.05, 0) is 50.5 Å². The number of carbonyl (C=O) groups is 2. The summed E-state index contributed by atoms with van der Waals surface area (Å²) < 4.78 is 5.36. The molecule has 21 heavy (non-hydrogen) atoms. The number of carboxylic acids is 1. The van der Waals surface area contributed by atoms with Gasteiger partial charge in [0.25, 0.3) is 5.91 Å². The van der Waals surface area contributed by atoms with Gasteiger partial charge in [0.05, 0.1) is 13.0 Å².